The summed E-state index contributed by atoms with van der Waals surface area (Å²) >= 11 is 5.91. The van der Waals surface area contributed by atoms with Gasteiger partial charge in [-0.05, 0) is 45.9 Å². The number of alkyl carbamates (subject to hydrolysis) is 1. The van der Waals surface area contributed by atoms with Gasteiger partial charge in [0.1, 0.15) is 11.4 Å². The van der Waals surface area contributed by atoms with Gasteiger partial charge in [0.05, 0.1) is 19.2 Å². The third kappa shape index (κ3) is 8.63. The Morgan fingerprint density at radius 1 is 1.22 bits per heavy atom. The van der Waals surface area contributed by atoms with Crippen molar-refractivity contribution in [2.45, 2.75) is 45.8 Å². The number of carbonyl (C=O) groups is 3. The van der Waals surface area contributed by atoms with E-state index in [0.717, 1.165) is 0 Å². The number of benzene rings is 1. The summed E-state index contributed by atoms with van der Waals surface area (Å²) in [4.78, 5) is 35.5. The van der Waals surface area contributed by atoms with Crippen LogP contribution in [0.15, 0.2) is 18.2 Å². The average Bonchev–Trinajstić information content (AvgIpc) is 2.53. The molecule has 0 saturated carbocycles. The van der Waals surface area contributed by atoms with Gasteiger partial charge in [-0.2, -0.15) is 0 Å². The molecule has 0 aliphatic carbocycles. The van der Waals surface area contributed by atoms with Crippen LogP contribution < -0.4 is 15.4 Å². The molecule has 0 heterocycles. The first kappa shape index (κ1) is 22.6. The number of amides is 2. The maximum Gasteiger partial charge on any atom is 0.407 e. The summed E-state index contributed by atoms with van der Waals surface area (Å²) in [6.45, 7) is 6.66. The number of rotatable bonds is 7. The van der Waals surface area contributed by atoms with Gasteiger partial charge in [0.25, 0.3) is 5.91 Å². The first-order chi connectivity index (χ1) is 12.5. The Hall–Kier alpha value is -2.48. The second-order valence-electron chi connectivity index (χ2n) is 6.64. The molecule has 0 unspecified atom stereocenters. The van der Waals surface area contributed by atoms with Gasteiger partial charge in [-0.25, -0.2) is 4.79 Å². The van der Waals surface area contributed by atoms with Crippen molar-refractivity contribution in [2.75, 3.05) is 19.0 Å². The first-order valence-corrected chi connectivity index (χ1v) is 8.70. The summed E-state index contributed by atoms with van der Waals surface area (Å²) in [7, 11) is 1.46. The Bertz CT molecular complexity index is 687. The molecule has 1 rings (SSSR count). The summed E-state index contributed by atoms with van der Waals surface area (Å²) in [5.41, 5.74) is -0.261. The van der Waals surface area contributed by atoms with Crippen LogP contribution in [0.25, 0.3) is 0 Å². The molecule has 1 aromatic carbocycles. The van der Waals surface area contributed by atoms with Crippen LogP contribution in [0.1, 0.15) is 34.1 Å². The number of hydrogen-bond acceptors (Lipinski definition) is 6. The molecule has 0 aliphatic heterocycles. The monoisotopic (exact) mass is 400 g/mol. The highest BCUT2D eigenvalue weighted by Gasteiger charge is 2.20. The maximum atomic E-state index is 12.2. The van der Waals surface area contributed by atoms with Crippen molar-refractivity contribution >= 4 is 35.3 Å². The molecule has 0 fully saturated rings. The molecule has 0 bridgehead atoms. The highest BCUT2D eigenvalue weighted by molar-refractivity contribution is 6.31. The highest BCUT2D eigenvalue weighted by atomic mass is 35.5. The second-order valence-corrected chi connectivity index (χ2v) is 7.08. The molecule has 27 heavy (non-hydrogen) atoms. The van der Waals surface area contributed by atoms with Crippen molar-refractivity contribution in [3.63, 3.8) is 0 Å². The zero-order valence-electron chi connectivity index (χ0n) is 16.1. The third-order valence-electron chi connectivity index (χ3n) is 3.09. The van der Waals surface area contributed by atoms with Crippen molar-refractivity contribution in [3.05, 3.63) is 23.2 Å². The quantitative estimate of drug-likeness (QED) is 0.681. The second kappa shape index (κ2) is 10.0. The van der Waals surface area contributed by atoms with Gasteiger partial charge < -0.3 is 24.8 Å². The van der Waals surface area contributed by atoms with Crippen molar-refractivity contribution in [1.29, 1.82) is 0 Å². The van der Waals surface area contributed by atoms with E-state index in [1.807, 2.05) is 0 Å². The number of esters is 1. The van der Waals surface area contributed by atoms with Crippen LogP contribution in [0.4, 0.5) is 10.5 Å². The van der Waals surface area contributed by atoms with Crippen molar-refractivity contribution in [1.82, 2.24) is 5.32 Å². The number of methoxy groups -OCH3 is 1. The number of hydrogen-bond donors (Lipinski definition) is 2. The molecule has 0 aromatic heterocycles. The van der Waals surface area contributed by atoms with Crippen LogP contribution in [-0.2, 0) is 19.1 Å². The van der Waals surface area contributed by atoms with Gasteiger partial charge in [0, 0.05) is 11.6 Å². The predicted octanol–water partition coefficient (Wildman–Crippen LogP) is 3.13. The lowest BCUT2D eigenvalue weighted by molar-refractivity contribution is -0.153. The maximum absolute atomic E-state index is 12.2. The Kier molecular flexibility index (Phi) is 8.36. The molecule has 8 nitrogen and oxygen atoms in total. The van der Waals surface area contributed by atoms with Gasteiger partial charge in [0.15, 0.2) is 6.10 Å². The third-order valence-corrected chi connectivity index (χ3v) is 3.33. The van der Waals surface area contributed by atoms with Crippen LogP contribution in [-0.4, -0.2) is 43.3 Å². The summed E-state index contributed by atoms with van der Waals surface area (Å²) in [6.07, 6.45) is -1.77. The van der Waals surface area contributed by atoms with E-state index in [1.54, 1.807) is 32.9 Å². The normalized spacial score (nSPS) is 11.9. The first-order valence-electron chi connectivity index (χ1n) is 8.32. The van der Waals surface area contributed by atoms with Crippen molar-refractivity contribution < 1.29 is 28.6 Å². The van der Waals surface area contributed by atoms with Crippen LogP contribution in [0, 0.1) is 0 Å². The molecule has 9 heteroatoms. The standard InChI is InChI=1S/C18H25ClN2O6/c1-11(16(23)21-13-10-12(19)6-7-14(13)25-5)26-15(22)8-9-20-17(24)27-18(2,3)4/h6-7,10-11H,8-9H2,1-5H3,(H,20,24)(H,21,23)/t11-/m1/s1. The molecule has 2 N–H and O–H groups in total. The zero-order chi connectivity index (χ0) is 20.6. The lowest BCUT2D eigenvalue weighted by Gasteiger charge is -2.19. The SMILES string of the molecule is COc1ccc(Cl)cc1NC(=O)[C@@H](C)OC(=O)CCNC(=O)OC(C)(C)C. The number of anilines is 1. The minimum absolute atomic E-state index is 0.0319. The smallest absolute Gasteiger partial charge is 0.407 e. The molecular formula is C18H25ClN2O6. The molecular weight excluding hydrogens is 376 g/mol. The lowest BCUT2D eigenvalue weighted by Crippen LogP contribution is -2.35. The van der Waals surface area contributed by atoms with Gasteiger partial charge in [-0.3, -0.25) is 9.59 Å². The van der Waals surface area contributed by atoms with E-state index in [2.05, 4.69) is 10.6 Å². The highest BCUT2D eigenvalue weighted by Crippen LogP contribution is 2.27. The Morgan fingerprint density at radius 2 is 1.89 bits per heavy atom. The van der Waals surface area contributed by atoms with Crippen LogP contribution in [0.2, 0.25) is 5.02 Å². The Labute approximate surface area is 163 Å². The average molecular weight is 401 g/mol. The predicted molar refractivity (Wildman–Crippen MR) is 101 cm³/mol. The largest absolute Gasteiger partial charge is 0.495 e. The number of nitrogens with one attached hydrogen (secondary N) is 2. The van der Waals surface area contributed by atoms with Crippen molar-refractivity contribution in [3.8, 4) is 5.75 Å². The van der Waals surface area contributed by atoms with Gasteiger partial charge in [-0.15, -0.1) is 0 Å². The summed E-state index contributed by atoms with van der Waals surface area (Å²) in [5, 5.41) is 5.45. The van der Waals surface area contributed by atoms with E-state index in [0.29, 0.717) is 16.5 Å². The van der Waals surface area contributed by atoms with E-state index in [1.165, 1.54) is 20.1 Å². The minimum Gasteiger partial charge on any atom is -0.495 e. The Balaban J connectivity index is 2.45. The van der Waals surface area contributed by atoms with E-state index >= 15 is 0 Å². The molecule has 150 valence electrons. The fraction of sp³-hybridized carbons (Fsp3) is 0.500. The number of carbonyl (C=O) groups excluding carboxylic acids is 3. The minimum atomic E-state index is -1.04. The summed E-state index contributed by atoms with van der Waals surface area (Å²) < 4.78 is 15.2. The summed E-state index contributed by atoms with van der Waals surface area (Å²) in [5.74, 6) is -0.747. The molecule has 1 atom stereocenters. The van der Waals surface area contributed by atoms with Crippen LogP contribution in [0.5, 0.6) is 5.75 Å². The van der Waals surface area contributed by atoms with E-state index in [9.17, 15) is 14.4 Å². The fourth-order valence-corrected chi connectivity index (χ4v) is 2.07. The molecule has 0 spiro atoms. The molecule has 0 aliphatic rings. The van der Waals surface area contributed by atoms with Crippen LogP contribution in [0.3, 0.4) is 0 Å². The zero-order valence-corrected chi connectivity index (χ0v) is 16.8. The number of ether oxygens (including phenoxy) is 3. The fourth-order valence-electron chi connectivity index (χ4n) is 1.90. The molecule has 1 aromatic rings. The number of halogens is 1. The summed E-state index contributed by atoms with van der Waals surface area (Å²) in [6, 6.07) is 4.76. The lowest BCUT2D eigenvalue weighted by atomic mass is 10.2. The van der Waals surface area contributed by atoms with Crippen LogP contribution >= 0.6 is 11.6 Å². The molecule has 0 radical (unpaired) electrons. The van der Waals surface area contributed by atoms with Gasteiger partial charge >= 0.3 is 12.1 Å². The molecule has 0 saturated heterocycles. The molecule has 2 amide bonds. The topological polar surface area (TPSA) is 103 Å². The van der Waals surface area contributed by atoms with E-state index < -0.39 is 29.7 Å². The van der Waals surface area contributed by atoms with Gasteiger partial charge in [-0.1, -0.05) is 11.6 Å². The van der Waals surface area contributed by atoms with E-state index in [-0.39, 0.29) is 13.0 Å². The van der Waals surface area contributed by atoms with E-state index in [4.69, 9.17) is 25.8 Å². The van der Waals surface area contributed by atoms with Gasteiger partial charge in [0.2, 0.25) is 0 Å². The van der Waals surface area contributed by atoms with Crippen molar-refractivity contribution in [2.24, 2.45) is 0 Å². The Morgan fingerprint density at radius 3 is 2.48 bits per heavy atom.